The molecule has 38 heavy (non-hydrogen) atoms. The first-order chi connectivity index (χ1) is 18.4. The van der Waals surface area contributed by atoms with Gasteiger partial charge in [0.2, 0.25) is 11.9 Å². The zero-order valence-corrected chi connectivity index (χ0v) is 21.1. The van der Waals surface area contributed by atoms with Gasteiger partial charge >= 0.3 is 0 Å². The van der Waals surface area contributed by atoms with Crippen molar-refractivity contribution >= 4 is 23.2 Å². The molecule has 0 radical (unpaired) electrons. The predicted molar refractivity (Wildman–Crippen MR) is 149 cm³/mol. The Labute approximate surface area is 221 Å². The number of carbonyl (C=O) groups is 1. The molecule has 9 nitrogen and oxygen atoms in total. The summed E-state index contributed by atoms with van der Waals surface area (Å²) in [6.45, 7) is 4.10. The second kappa shape index (κ2) is 11.3. The normalized spacial score (nSPS) is 14.2. The van der Waals surface area contributed by atoms with Gasteiger partial charge in [-0.05, 0) is 85.9 Å². The van der Waals surface area contributed by atoms with E-state index in [1.807, 2.05) is 30.3 Å². The molecule has 0 atom stereocenters. The summed E-state index contributed by atoms with van der Waals surface area (Å²) in [5.74, 6) is 0.718. The Morgan fingerprint density at radius 1 is 0.763 bits per heavy atom. The summed E-state index contributed by atoms with van der Waals surface area (Å²) in [5.41, 5.74) is 4.50. The molecule has 2 heterocycles. The highest BCUT2D eigenvalue weighted by Crippen LogP contribution is 2.28. The Morgan fingerprint density at radius 2 is 1.26 bits per heavy atom. The molecule has 3 aromatic carbocycles. The lowest BCUT2D eigenvalue weighted by atomic mass is 10.1. The average molecular weight is 511 g/mol. The lowest BCUT2D eigenvalue weighted by Gasteiger charge is -2.31. The van der Waals surface area contributed by atoms with E-state index in [1.54, 1.807) is 48.5 Å². The molecule has 194 valence electrons. The van der Waals surface area contributed by atoms with Crippen LogP contribution in [0.1, 0.15) is 0 Å². The Kier molecular flexibility index (Phi) is 7.48. The molecule has 1 aliphatic heterocycles. The van der Waals surface area contributed by atoms with E-state index in [1.165, 1.54) is 0 Å². The van der Waals surface area contributed by atoms with Gasteiger partial charge in [0, 0.05) is 48.7 Å². The van der Waals surface area contributed by atoms with Crippen molar-refractivity contribution in [2.75, 3.05) is 50.4 Å². The van der Waals surface area contributed by atoms with E-state index >= 15 is 0 Å². The SMILES string of the molecule is CN1CCN(CC(=O)Nc2ccc(Nc3nc(-c4ccc(O)cc4)cc(-c4ccc(O)cc4)n3)cc2)CC1. The fraction of sp³-hybridized carbons (Fsp3) is 0.207. The van der Waals surface area contributed by atoms with Gasteiger partial charge in [0.1, 0.15) is 11.5 Å². The van der Waals surface area contributed by atoms with E-state index in [0.29, 0.717) is 23.9 Å². The third-order valence-corrected chi connectivity index (χ3v) is 6.44. The molecular formula is C29H30N6O3. The summed E-state index contributed by atoms with van der Waals surface area (Å²) in [5, 5.41) is 25.6. The first-order valence-electron chi connectivity index (χ1n) is 12.5. The number of rotatable bonds is 7. The number of hydrogen-bond acceptors (Lipinski definition) is 8. The molecule has 0 bridgehead atoms. The molecule has 0 spiro atoms. The van der Waals surface area contributed by atoms with E-state index < -0.39 is 0 Å². The summed E-state index contributed by atoms with van der Waals surface area (Å²) < 4.78 is 0. The molecule has 1 amide bonds. The van der Waals surface area contributed by atoms with Crippen LogP contribution in [0, 0.1) is 0 Å². The largest absolute Gasteiger partial charge is 0.508 e. The first kappa shape index (κ1) is 25.2. The molecule has 9 heteroatoms. The molecule has 5 rings (SSSR count). The third-order valence-electron chi connectivity index (χ3n) is 6.44. The number of hydrogen-bond donors (Lipinski definition) is 4. The van der Waals surface area contributed by atoms with Gasteiger partial charge in [-0.3, -0.25) is 9.69 Å². The number of piperazine rings is 1. The Bertz CT molecular complexity index is 1320. The molecule has 1 aliphatic rings. The van der Waals surface area contributed by atoms with Crippen LogP contribution in [-0.2, 0) is 4.79 Å². The van der Waals surface area contributed by atoms with Crippen molar-refractivity contribution < 1.29 is 15.0 Å². The standard InChI is InChI=1S/C29H30N6O3/c1-34-14-16-35(17-15-34)19-28(38)30-22-6-8-23(9-7-22)31-29-32-26(20-2-10-24(36)11-3-20)18-27(33-29)21-4-12-25(37)13-5-21/h2-13,18,36-37H,14-17,19H2,1H3,(H,30,38)(H,31,32,33). The lowest BCUT2D eigenvalue weighted by Crippen LogP contribution is -2.47. The molecule has 0 unspecified atom stereocenters. The number of nitrogens with zero attached hydrogens (tertiary/aromatic N) is 4. The summed E-state index contributed by atoms with van der Waals surface area (Å²) >= 11 is 0. The van der Waals surface area contributed by atoms with Gasteiger partial charge in [0.15, 0.2) is 0 Å². The van der Waals surface area contributed by atoms with Crippen LogP contribution in [0.3, 0.4) is 0 Å². The third kappa shape index (κ3) is 6.44. The summed E-state index contributed by atoms with van der Waals surface area (Å²) in [4.78, 5) is 26.3. The van der Waals surface area contributed by atoms with Crippen LogP contribution in [0.4, 0.5) is 17.3 Å². The highest BCUT2D eigenvalue weighted by molar-refractivity contribution is 5.92. The minimum atomic E-state index is -0.0289. The van der Waals surface area contributed by atoms with E-state index in [-0.39, 0.29) is 17.4 Å². The van der Waals surface area contributed by atoms with Crippen molar-refractivity contribution in [3.63, 3.8) is 0 Å². The number of anilines is 3. The summed E-state index contributed by atoms with van der Waals surface area (Å²) in [6.07, 6.45) is 0. The van der Waals surface area contributed by atoms with Crippen molar-refractivity contribution in [3.8, 4) is 34.0 Å². The smallest absolute Gasteiger partial charge is 0.238 e. The van der Waals surface area contributed by atoms with Gasteiger partial charge in [-0.2, -0.15) is 0 Å². The predicted octanol–water partition coefficient (Wildman–Crippen LogP) is 4.15. The van der Waals surface area contributed by atoms with Crippen LogP contribution in [0.25, 0.3) is 22.5 Å². The first-order valence-corrected chi connectivity index (χ1v) is 12.5. The van der Waals surface area contributed by atoms with Gasteiger partial charge in [-0.15, -0.1) is 0 Å². The van der Waals surface area contributed by atoms with Gasteiger partial charge in [0.25, 0.3) is 0 Å². The monoisotopic (exact) mass is 510 g/mol. The van der Waals surface area contributed by atoms with Gasteiger partial charge in [0.05, 0.1) is 17.9 Å². The molecule has 0 aliphatic carbocycles. The average Bonchev–Trinajstić information content (AvgIpc) is 2.92. The van der Waals surface area contributed by atoms with Crippen molar-refractivity contribution in [2.24, 2.45) is 0 Å². The van der Waals surface area contributed by atoms with Crippen LogP contribution in [-0.4, -0.2) is 75.7 Å². The molecule has 1 aromatic heterocycles. The van der Waals surface area contributed by atoms with Crippen LogP contribution < -0.4 is 10.6 Å². The summed E-state index contributed by atoms with van der Waals surface area (Å²) in [6, 6.07) is 22.9. The molecule has 4 aromatic rings. The van der Waals surface area contributed by atoms with Crippen molar-refractivity contribution in [3.05, 3.63) is 78.9 Å². The minimum absolute atomic E-state index is 0.0289. The number of aromatic nitrogens is 2. The highest BCUT2D eigenvalue weighted by atomic mass is 16.3. The Morgan fingerprint density at radius 3 is 1.79 bits per heavy atom. The molecule has 4 N–H and O–H groups in total. The topological polar surface area (TPSA) is 114 Å². The van der Waals surface area contributed by atoms with Crippen LogP contribution in [0.15, 0.2) is 78.9 Å². The van der Waals surface area contributed by atoms with Crippen LogP contribution in [0.5, 0.6) is 11.5 Å². The maximum atomic E-state index is 12.5. The fourth-order valence-electron chi connectivity index (χ4n) is 4.24. The van der Waals surface area contributed by atoms with Crippen molar-refractivity contribution in [1.82, 2.24) is 19.8 Å². The second-order valence-corrected chi connectivity index (χ2v) is 9.39. The maximum absolute atomic E-state index is 12.5. The number of nitrogens with one attached hydrogen (secondary N) is 2. The Balaban J connectivity index is 1.32. The number of likely N-dealkylation sites (N-methyl/N-ethyl adjacent to an activating group) is 1. The lowest BCUT2D eigenvalue weighted by molar-refractivity contribution is -0.117. The maximum Gasteiger partial charge on any atom is 0.238 e. The number of benzene rings is 3. The van der Waals surface area contributed by atoms with Gasteiger partial charge < -0.3 is 25.7 Å². The van der Waals surface area contributed by atoms with Gasteiger partial charge in [-0.1, -0.05) is 0 Å². The van der Waals surface area contributed by atoms with E-state index in [2.05, 4.69) is 37.4 Å². The minimum Gasteiger partial charge on any atom is -0.508 e. The molecular weight excluding hydrogens is 480 g/mol. The number of aromatic hydroxyl groups is 2. The zero-order chi connectivity index (χ0) is 26.5. The van der Waals surface area contributed by atoms with Crippen molar-refractivity contribution in [1.29, 1.82) is 0 Å². The number of amides is 1. The molecule has 0 saturated carbocycles. The second-order valence-electron chi connectivity index (χ2n) is 9.39. The van der Waals surface area contributed by atoms with E-state index in [0.717, 1.165) is 48.7 Å². The van der Waals surface area contributed by atoms with E-state index in [9.17, 15) is 15.0 Å². The molecule has 1 fully saturated rings. The molecule has 1 saturated heterocycles. The van der Waals surface area contributed by atoms with Crippen LogP contribution >= 0.6 is 0 Å². The quantitative estimate of drug-likeness (QED) is 0.293. The number of carbonyl (C=O) groups excluding carboxylic acids is 1. The van der Waals surface area contributed by atoms with E-state index in [4.69, 9.17) is 0 Å². The zero-order valence-electron chi connectivity index (χ0n) is 21.1. The fourth-order valence-corrected chi connectivity index (χ4v) is 4.24. The Hall–Kier alpha value is -4.47. The van der Waals surface area contributed by atoms with Crippen LogP contribution in [0.2, 0.25) is 0 Å². The highest BCUT2D eigenvalue weighted by Gasteiger charge is 2.16. The van der Waals surface area contributed by atoms with Crippen molar-refractivity contribution in [2.45, 2.75) is 0 Å². The summed E-state index contributed by atoms with van der Waals surface area (Å²) in [7, 11) is 2.09. The van der Waals surface area contributed by atoms with Gasteiger partial charge in [-0.25, -0.2) is 9.97 Å². The number of phenolic OH excluding ortho intramolecular Hbond substituents is 2. The number of phenols is 2.